The van der Waals surface area contributed by atoms with Gasteiger partial charge in [0.25, 0.3) is 0 Å². The summed E-state index contributed by atoms with van der Waals surface area (Å²) < 4.78 is 28.5. The molecule has 2 aromatic rings. The van der Waals surface area contributed by atoms with Crippen LogP contribution in [-0.4, -0.2) is 37.6 Å². The summed E-state index contributed by atoms with van der Waals surface area (Å²) in [7, 11) is -3.86. The van der Waals surface area contributed by atoms with Crippen LogP contribution < -0.4 is 5.32 Å². The van der Waals surface area contributed by atoms with Gasteiger partial charge in [-0.2, -0.15) is 4.31 Å². The Morgan fingerprint density at radius 3 is 2.04 bits per heavy atom. The van der Waals surface area contributed by atoms with Crippen LogP contribution in [0.15, 0.2) is 59.5 Å². The maximum atomic E-state index is 13.6. The van der Waals surface area contributed by atoms with Crippen molar-refractivity contribution in [2.75, 3.05) is 13.1 Å². The molecule has 0 radical (unpaired) electrons. The Labute approximate surface area is 163 Å². The number of carbonyl (C=O) groups excluding carboxylic acids is 2. The molecule has 7 heteroatoms. The van der Waals surface area contributed by atoms with Crippen molar-refractivity contribution >= 4 is 21.8 Å². The molecule has 3 aliphatic rings. The van der Waals surface area contributed by atoms with E-state index in [4.69, 9.17) is 0 Å². The van der Waals surface area contributed by atoms with Crippen LogP contribution in [0.3, 0.4) is 0 Å². The summed E-state index contributed by atoms with van der Waals surface area (Å²) in [5.74, 6) is -0.631. The minimum absolute atomic E-state index is 0.0655. The summed E-state index contributed by atoms with van der Waals surface area (Å²) in [5, 5.41) is 2.45. The van der Waals surface area contributed by atoms with Crippen LogP contribution in [0.25, 0.3) is 11.1 Å². The van der Waals surface area contributed by atoms with Crippen molar-refractivity contribution in [2.24, 2.45) is 10.8 Å². The number of benzene rings is 2. The van der Waals surface area contributed by atoms with Gasteiger partial charge in [-0.15, -0.1) is 0 Å². The molecular formula is C21H20N2O4S. The third-order valence-electron chi connectivity index (χ3n) is 6.70. The minimum Gasteiger partial charge on any atom is -0.295 e. The monoisotopic (exact) mass is 396 g/mol. The maximum absolute atomic E-state index is 13.6. The Morgan fingerprint density at radius 2 is 1.39 bits per heavy atom. The molecule has 1 N–H and O–H groups in total. The standard InChI is InChI=1S/C21H20N2O4S/c24-18-20-11-6-12-21(20,19(25)22-18)14-23(13-20)28(26,27)17-10-5-4-9-16(17)15-7-2-1-3-8-15/h1-5,7-10H,6,11-14H2,(H,22,24,25). The van der Waals surface area contributed by atoms with Crippen LogP contribution in [0.1, 0.15) is 19.3 Å². The Hall–Kier alpha value is -2.51. The second-order valence-electron chi connectivity index (χ2n) is 7.94. The molecule has 2 heterocycles. The van der Waals surface area contributed by atoms with E-state index < -0.39 is 20.9 Å². The van der Waals surface area contributed by atoms with Crippen molar-refractivity contribution in [1.29, 1.82) is 0 Å². The third-order valence-corrected chi connectivity index (χ3v) is 8.55. The molecule has 144 valence electrons. The Balaban J connectivity index is 1.60. The zero-order valence-electron chi connectivity index (χ0n) is 15.2. The molecule has 0 bridgehead atoms. The van der Waals surface area contributed by atoms with Gasteiger partial charge < -0.3 is 0 Å². The van der Waals surface area contributed by atoms with Crippen molar-refractivity contribution in [1.82, 2.24) is 9.62 Å². The lowest BCUT2D eigenvalue weighted by molar-refractivity contribution is -0.128. The van der Waals surface area contributed by atoms with Gasteiger partial charge in [0.2, 0.25) is 21.8 Å². The first-order chi connectivity index (χ1) is 13.4. The minimum atomic E-state index is -3.86. The fourth-order valence-corrected chi connectivity index (χ4v) is 7.07. The number of hydrogen-bond acceptors (Lipinski definition) is 4. The van der Waals surface area contributed by atoms with Crippen molar-refractivity contribution < 1.29 is 18.0 Å². The number of rotatable bonds is 3. The van der Waals surface area contributed by atoms with Crippen molar-refractivity contribution in [3.05, 3.63) is 54.6 Å². The van der Waals surface area contributed by atoms with Gasteiger partial charge in [0.05, 0.1) is 15.7 Å². The van der Waals surface area contributed by atoms with E-state index in [2.05, 4.69) is 5.32 Å². The van der Waals surface area contributed by atoms with Crippen LogP contribution in [0.5, 0.6) is 0 Å². The first-order valence-electron chi connectivity index (χ1n) is 9.41. The molecule has 2 unspecified atom stereocenters. The van der Waals surface area contributed by atoms with E-state index in [0.29, 0.717) is 18.4 Å². The highest BCUT2D eigenvalue weighted by atomic mass is 32.2. The third kappa shape index (κ3) is 2.08. The lowest BCUT2D eigenvalue weighted by atomic mass is 9.70. The van der Waals surface area contributed by atoms with E-state index in [1.165, 1.54) is 4.31 Å². The smallest absolute Gasteiger partial charge is 0.243 e. The molecule has 2 aliphatic heterocycles. The molecule has 3 fully saturated rings. The predicted octanol–water partition coefficient (Wildman–Crippen LogP) is 2.17. The number of nitrogens with one attached hydrogen (secondary N) is 1. The number of nitrogens with zero attached hydrogens (tertiary/aromatic N) is 1. The summed E-state index contributed by atoms with van der Waals surface area (Å²) in [5.41, 5.74) is -0.403. The summed E-state index contributed by atoms with van der Waals surface area (Å²) in [6, 6.07) is 16.2. The Kier molecular flexibility index (Phi) is 3.61. The average molecular weight is 396 g/mol. The van der Waals surface area contributed by atoms with Crippen LogP contribution in [0, 0.1) is 10.8 Å². The second-order valence-corrected chi connectivity index (χ2v) is 9.84. The first-order valence-corrected chi connectivity index (χ1v) is 10.9. The zero-order valence-corrected chi connectivity index (χ0v) is 16.0. The van der Waals surface area contributed by atoms with Crippen LogP contribution >= 0.6 is 0 Å². The first kappa shape index (κ1) is 17.6. The van der Waals surface area contributed by atoms with E-state index >= 15 is 0 Å². The number of amides is 2. The molecule has 5 rings (SSSR count). The van der Waals surface area contributed by atoms with Gasteiger partial charge >= 0.3 is 0 Å². The summed E-state index contributed by atoms with van der Waals surface area (Å²) in [6.07, 6.45) is 1.88. The van der Waals surface area contributed by atoms with E-state index in [0.717, 1.165) is 12.0 Å². The average Bonchev–Trinajstić information content (AvgIpc) is 3.29. The lowest BCUT2D eigenvalue weighted by Crippen LogP contribution is -2.39. The molecule has 2 saturated heterocycles. The predicted molar refractivity (Wildman–Crippen MR) is 103 cm³/mol. The molecule has 2 aromatic carbocycles. The number of sulfonamides is 1. The van der Waals surface area contributed by atoms with Crippen LogP contribution in [-0.2, 0) is 19.6 Å². The fourth-order valence-electron chi connectivity index (χ4n) is 5.29. The Morgan fingerprint density at radius 1 is 0.821 bits per heavy atom. The van der Waals surface area contributed by atoms with Gasteiger partial charge in [0.1, 0.15) is 0 Å². The van der Waals surface area contributed by atoms with Gasteiger partial charge in [-0.05, 0) is 24.5 Å². The highest BCUT2D eigenvalue weighted by molar-refractivity contribution is 7.89. The number of carbonyl (C=O) groups is 2. The van der Waals surface area contributed by atoms with E-state index in [9.17, 15) is 18.0 Å². The topological polar surface area (TPSA) is 83.6 Å². The second kappa shape index (κ2) is 5.75. The summed E-state index contributed by atoms with van der Waals surface area (Å²) in [4.78, 5) is 25.4. The lowest BCUT2D eigenvalue weighted by Gasteiger charge is -2.25. The molecule has 2 atom stereocenters. The van der Waals surface area contributed by atoms with Gasteiger partial charge in [-0.3, -0.25) is 14.9 Å². The fraction of sp³-hybridized carbons (Fsp3) is 0.333. The normalized spacial score (nSPS) is 29.6. The van der Waals surface area contributed by atoms with E-state index in [1.807, 2.05) is 36.4 Å². The van der Waals surface area contributed by atoms with Gasteiger partial charge in [0.15, 0.2) is 0 Å². The number of imide groups is 1. The molecule has 1 saturated carbocycles. The van der Waals surface area contributed by atoms with Gasteiger partial charge in [0, 0.05) is 18.7 Å². The zero-order chi connectivity index (χ0) is 19.6. The molecular weight excluding hydrogens is 376 g/mol. The van der Waals surface area contributed by atoms with Crippen molar-refractivity contribution in [2.45, 2.75) is 24.2 Å². The quantitative estimate of drug-likeness (QED) is 0.806. The summed E-state index contributed by atoms with van der Waals surface area (Å²) in [6.45, 7) is 0.131. The largest absolute Gasteiger partial charge is 0.295 e. The van der Waals surface area contributed by atoms with Crippen LogP contribution in [0.2, 0.25) is 0 Å². The maximum Gasteiger partial charge on any atom is 0.243 e. The van der Waals surface area contributed by atoms with Crippen molar-refractivity contribution in [3.8, 4) is 11.1 Å². The van der Waals surface area contributed by atoms with Gasteiger partial charge in [-0.1, -0.05) is 55.0 Å². The SMILES string of the molecule is O=C1NC(=O)C23CCCC12CN(S(=O)(=O)c1ccccc1-c1ccccc1)C3. The van der Waals surface area contributed by atoms with E-state index in [-0.39, 0.29) is 29.8 Å². The molecule has 28 heavy (non-hydrogen) atoms. The van der Waals surface area contributed by atoms with E-state index in [1.54, 1.807) is 18.2 Å². The molecule has 6 nitrogen and oxygen atoms in total. The van der Waals surface area contributed by atoms with Gasteiger partial charge in [-0.25, -0.2) is 8.42 Å². The molecule has 0 spiro atoms. The highest BCUT2D eigenvalue weighted by Crippen LogP contribution is 2.61. The molecule has 0 aromatic heterocycles. The van der Waals surface area contributed by atoms with Crippen molar-refractivity contribution in [3.63, 3.8) is 0 Å². The van der Waals surface area contributed by atoms with Crippen LogP contribution in [0.4, 0.5) is 0 Å². The summed E-state index contributed by atoms with van der Waals surface area (Å²) >= 11 is 0. The number of hydrogen-bond donors (Lipinski definition) is 1. The molecule has 1 aliphatic carbocycles. The highest BCUT2D eigenvalue weighted by Gasteiger charge is 2.73. The molecule has 2 amide bonds. The Bertz CT molecular complexity index is 1070.